The number of para-hydroxylation sites is 2. The Hall–Kier alpha value is -2.21. The molecule has 1 amide bonds. The summed E-state index contributed by atoms with van der Waals surface area (Å²) >= 11 is 0. The van der Waals surface area contributed by atoms with Gasteiger partial charge in [-0.25, -0.2) is 4.98 Å². The van der Waals surface area contributed by atoms with Crippen molar-refractivity contribution >= 4 is 16.9 Å². The van der Waals surface area contributed by atoms with E-state index in [0.717, 1.165) is 25.7 Å². The Morgan fingerprint density at radius 1 is 1.26 bits per heavy atom. The van der Waals surface area contributed by atoms with Gasteiger partial charge in [0.25, 0.3) is 5.56 Å². The highest BCUT2D eigenvalue weighted by Gasteiger charge is 2.22. The van der Waals surface area contributed by atoms with E-state index in [1.54, 1.807) is 6.07 Å². The number of amides is 1. The molecule has 1 aliphatic carbocycles. The van der Waals surface area contributed by atoms with Gasteiger partial charge in [0.2, 0.25) is 5.91 Å². The van der Waals surface area contributed by atoms with E-state index in [1.807, 2.05) is 18.2 Å². The van der Waals surface area contributed by atoms with Gasteiger partial charge in [0.05, 0.1) is 17.2 Å². The Morgan fingerprint density at radius 2 is 2.00 bits per heavy atom. The van der Waals surface area contributed by atoms with Crippen molar-refractivity contribution in [2.24, 2.45) is 5.92 Å². The summed E-state index contributed by atoms with van der Waals surface area (Å²) < 4.78 is 1.46. The lowest BCUT2D eigenvalue weighted by Gasteiger charge is -2.28. The fraction of sp³-hybridized carbons (Fsp3) is 0.471. The molecule has 0 spiro atoms. The molecule has 122 valence electrons. The number of carbonyl (C=O) groups excluding carboxylic acids is 1. The standard InChI is InChI=1S/C17H21N3O3/c21-11-12-5-7-13(8-6-12)19-16(22)10-20-15-4-2-1-3-14(15)18-9-17(20)23/h1-4,9,12-13,21H,5-8,10-11H2,(H,19,22). The summed E-state index contributed by atoms with van der Waals surface area (Å²) in [6.07, 6.45) is 4.87. The minimum absolute atomic E-state index is 0.00178. The van der Waals surface area contributed by atoms with Gasteiger partial charge in [-0.3, -0.25) is 14.2 Å². The largest absolute Gasteiger partial charge is 0.396 e. The van der Waals surface area contributed by atoms with Crippen molar-refractivity contribution in [3.63, 3.8) is 0 Å². The van der Waals surface area contributed by atoms with Gasteiger partial charge >= 0.3 is 0 Å². The molecular formula is C17H21N3O3. The monoisotopic (exact) mass is 315 g/mol. The first-order valence-electron chi connectivity index (χ1n) is 8.02. The van der Waals surface area contributed by atoms with E-state index in [0.29, 0.717) is 17.0 Å². The van der Waals surface area contributed by atoms with E-state index in [4.69, 9.17) is 5.11 Å². The molecule has 6 heteroatoms. The van der Waals surface area contributed by atoms with Gasteiger partial charge in [0.15, 0.2) is 0 Å². The second-order valence-corrected chi connectivity index (χ2v) is 6.14. The van der Waals surface area contributed by atoms with Crippen LogP contribution in [-0.4, -0.2) is 33.2 Å². The summed E-state index contributed by atoms with van der Waals surface area (Å²) in [5, 5.41) is 12.2. The predicted molar refractivity (Wildman–Crippen MR) is 87.0 cm³/mol. The predicted octanol–water partition coefficient (Wildman–Crippen LogP) is 1.06. The van der Waals surface area contributed by atoms with Crippen molar-refractivity contribution in [3.8, 4) is 0 Å². The first-order valence-corrected chi connectivity index (χ1v) is 8.02. The first kappa shape index (κ1) is 15.7. The second kappa shape index (κ2) is 6.91. The van der Waals surface area contributed by atoms with Crippen LogP contribution in [0.3, 0.4) is 0 Å². The Kier molecular flexibility index (Phi) is 4.71. The number of fused-ring (bicyclic) bond motifs is 1. The van der Waals surface area contributed by atoms with E-state index in [-0.39, 0.29) is 30.7 Å². The van der Waals surface area contributed by atoms with Crippen molar-refractivity contribution in [2.45, 2.75) is 38.3 Å². The van der Waals surface area contributed by atoms with Crippen LogP contribution in [0, 0.1) is 5.92 Å². The number of rotatable bonds is 4. The lowest BCUT2D eigenvalue weighted by molar-refractivity contribution is -0.122. The van der Waals surface area contributed by atoms with Crippen molar-refractivity contribution in [1.29, 1.82) is 0 Å². The number of aliphatic hydroxyl groups excluding tert-OH is 1. The van der Waals surface area contributed by atoms with Crippen LogP contribution >= 0.6 is 0 Å². The number of hydrogen-bond donors (Lipinski definition) is 2. The first-order chi connectivity index (χ1) is 11.2. The number of nitrogens with one attached hydrogen (secondary N) is 1. The Balaban J connectivity index is 1.69. The van der Waals surface area contributed by atoms with Gasteiger partial charge in [-0.15, -0.1) is 0 Å². The molecule has 2 N–H and O–H groups in total. The summed E-state index contributed by atoms with van der Waals surface area (Å²) in [6, 6.07) is 7.43. The highest BCUT2D eigenvalue weighted by Crippen LogP contribution is 2.23. The van der Waals surface area contributed by atoms with Gasteiger partial charge in [0.1, 0.15) is 6.54 Å². The molecule has 23 heavy (non-hydrogen) atoms. The summed E-state index contributed by atoms with van der Waals surface area (Å²) in [5.74, 6) is 0.200. The lowest BCUT2D eigenvalue weighted by atomic mass is 9.86. The van der Waals surface area contributed by atoms with Gasteiger partial charge in [-0.05, 0) is 43.7 Å². The molecule has 0 radical (unpaired) electrons. The van der Waals surface area contributed by atoms with E-state index in [1.165, 1.54) is 10.8 Å². The molecule has 0 aliphatic heterocycles. The van der Waals surface area contributed by atoms with Crippen LogP contribution in [-0.2, 0) is 11.3 Å². The van der Waals surface area contributed by atoms with E-state index in [9.17, 15) is 9.59 Å². The Labute approximate surface area is 134 Å². The maximum atomic E-state index is 12.3. The van der Waals surface area contributed by atoms with Crippen LogP contribution < -0.4 is 10.9 Å². The van der Waals surface area contributed by atoms with E-state index >= 15 is 0 Å². The van der Waals surface area contributed by atoms with Crippen LogP contribution in [0.15, 0.2) is 35.3 Å². The maximum Gasteiger partial charge on any atom is 0.269 e. The molecule has 1 fully saturated rings. The molecule has 1 aliphatic rings. The van der Waals surface area contributed by atoms with Crippen LogP contribution in [0.2, 0.25) is 0 Å². The quantitative estimate of drug-likeness (QED) is 0.884. The number of nitrogens with zero attached hydrogens (tertiary/aromatic N) is 2. The molecular weight excluding hydrogens is 294 g/mol. The summed E-state index contributed by atoms with van der Waals surface area (Å²) in [4.78, 5) is 28.4. The Morgan fingerprint density at radius 3 is 2.74 bits per heavy atom. The number of hydrogen-bond acceptors (Lipinski definition) is 4. The summed E-state index contributed by atoms with van der Waals surface area (Å²) in [7, 11) is 0. The molecule has 1 aromatic carbocycles. The van der Waals surface area contributed by atoms with Gasteiger partial charge < -0.3 is 10.4 Å². The topological polar surface area (TPSA) is 84.2 Å². The lowest BCUT2D eigenvalue weighted by Crippen LogP contribution is -2.41. The SMILES string of the molecule is O=C(Cn1c(=O)cnc2ccccc21)NC1CCC(CO)CC1. The zero-order valence-corrected chi connectivity index (χ0v) is 12.9. The fourth-order valence-corrected chi connectivity index (χ4v) is 3.18. The average molecular weight is 315 g/mol. The summed E-state index contributed by atoms with van der Waals surface area (Å²) in [6.45, 7) is 0.223. The molecule has 0 saturated heterocycles. The minimum atomic E-state index is -0.275. The third-order valence-electron chi connectivity index (χ3n) is 4.52. The van der Waals surface area contributed by atoms with Gasteiger partial charge in [-0.1, -0.05) is 12.1 Å². The van der Waals surface area contributed by atoms with E-state index in [2.05, 4.69) is 10.3 Å². The number of aliphatic hydroxyl groups is 1. The summed E-state index contributed by atoms with van der Waals surface area (Å²) in [5.41, 5.74) is 1.09. The van der Waals surface area contributed by atoms with Crippen molar-refractivity contribution in [1.82, 2.24) is 14.9 Å². The highest BCUT2D eigenvalue weighted by atomic mass is 16.3. The molecule has 1 aromatic heterocycles. The molecule has 3 rings (SSSR count). The zero-order valence-electron chi connectivity index (χ0n) is 12.9. The molecule has 0 unspecified atom stereocenters. The van der Waals surface area contributed by atoms with Crippen LogP contribution in [0.5, 0.6) is 0 Å². The second-order valence-electron chi connectivity index (χ2n) is 6.14. The minimum Gasteiger partial charge on any atom is -0.396 e. The van der Waals surface area contributed by atoms with Crippen molar-refractivity contribution < 1.29 is 9.90 Å². The molecule has 0 atom stereocenters. The fourth-order valence-electron chi connectivity index (χ4n) is 3.18. The maximum absolute atomic E-state index is 12.3. The van der Waals surface area contributed by atoms with E-state index < -0.39 is 0 Å². The molecule has 1 saturated carbocycles. The zero-order chi connectivity index (χ0) is 16.2. The van der Waals surface area contributed by atoms with Crippen LogP contribution in [0.1, 0.15) is 25.7 Å². The van der Waals surface area contributed by atoms with Gasteiger partial charge in [-0.2, -0.15) is 0 Å². The molecule has 0 bridgehead atoms. The molecule has 2 aromatic rings. The average Bonchev–Trinajstić information content (AvgIpc) is 2.58. The smallest absolute Gasteiger partial charge is 0.269 e. The highest BCUT2D eigenvalue weighted by molar-refractivity contribution is 5.80. The molecule has 1 heterocycles. The van der Waals surface area contributed by atoms with Crippen molar-refractivity contribution in [3.05, 3.63) is 40.8 Å². The third-order valence-corrected chi connectivity index (χ3v) is 4.52. The number of benzene rings is 1. The third kappa shape index (κ3) is 3.59. The molecule has 6 nitrogen and oxygen atoms in total. The van der Waals surface area contributed by atoms with Crippen LogP contribution in [0.4, 0.5) is 0 Å². The van der Waals surface area contributed by atoms with Gasteiger partial charge in [0, 0.05) is 12.6 Å². The van der Waals surface area contributed by atoms with Crippen LogP contribution in [0.25, 0.3) is 11.0 Å². The number of carbonyl (C=O) groups is 1. The Bertz CT molecular complexity index is 748. The van der Waals surface area contributed by atoms with Crippen molar-refractivity contribution in [2.75, 3.05) is 6.61 Å². The number of aromatic nitrogens is 2. The normalized spacial score (nSPS) is 21.3.